The fourth-order valence-electron chi connectivity index (χ4n) is 1.20. The molecule has 0 fully saturated rings. The first-order valence-electron chi connectivity index (χ1n) is 4.71. The molecule has 0 spiro atoms. The molecule has 15 heavy (non-hydrogen) atoms. The van der Waals surface area contributed by atoms with Gasteiger partial charge in [-0.25, -0.2) is 4.98 Å². The summed E-state index contributed by atoms with van der Waals surface area (Å²) in [7, 11) is 0. The van der Waals surface area contributed by atoms with E-state index in [4.69, 9.17) is 5.73 Å². The molecule has 1 atom stereocenters. The molecule has 1 unspecified atom stereocenters. The highest BCUT2D eigenvalue weighted by Crippen LogP contribution is 2.16. The Morgan fingerprint density at radius 3 is 3.00 bits per heavy atom. The van der Waals surface area contributed by atoms with Crippen molar-refractivity contribution in [2.75, 3.05) is 29.6 Å². The second-order valence-corrected chi connectivity index (χ2v) is 4.59. The van der Waals surface area contributed by atoms with Gasteiger partial charge in [0.2, 0.25) is 0 Å². The zero-order valence-electron chi connectivity index (χ0n) is 9.03. The number of hydrogen-bond donors (Lipinski definition) is 3. The summed E-state index contributed by atoms with van der Waals surface area (Å²) in [5.41, 5.74) is 5.56. The molecule has 0 saturated carbocycles. The highest BCUT2D eigenvalue weighted by atomic mass is 32.2. The van der Waals surface area contributed by atoms with E-state index in [1.165, 1.54) is 0 Å². The van der Waals surface area contributed by atoms with Gasteiger partial charge in [0.25, 0.3) is 0 Å². The molecule has 1 rings (SSSR count). The number of nitrogens with two attached hydrogens (primary N) is 1. The SMILES string of the molecule is CSCC(C)(O)CNc1ncccc1N. The molecular weight excluding hydrogens is 210 g/mol. The Balaban J connectivity index is 2.53. The van der Waals surface area contributed by atoms with Crippen LogP contribution in [0.5, 0.6) is 0 Å². The predicted octanol–water partition coefficient (Wildman–Crippen LogP) is 1.19. The average molecular weight is 227 g/mol. The molecule has 5 heteroatoms. The Morgan fingerprint density at radius 1 is 1.67 bits per heavy atom. The fraction of sp³-hybridized carbons (Fsp3) is 0.500. The summed E-state index contributed by atoms with van der Waals surface area (Å²) in [5.74, 6) is 1.30. The van der Waals surface area contributed by atoms with Crippen molar-refractivity contribution in [1.29, 1.82) is 0 Å². The van der Waals surface area contributed by atoms with E-state index in [2.05, 4.69) is 10.3 Å². The van der Waals surface area contributed by atoms with Crippen LogP contribution in [0.3, 0.4) is 0 Å². The van der Waals surface area contributed by atoms with Crippen LogP contribution in [-0.2, 0) is 0 Å². The Hall–Kier alpha value is -0.940. The first kappa shape index (κ1) is 12.1. The maximum atomic E-state index is 9.91. The van der Waals surface area contributed by atoms with Crippen LogP contribution < -0.4 is 11.1 Å². The van der Waals surface area contributed by atoms with Crippen molar-refractivity contribution in [1.82, 2.24) is 4.98 Å². The number of pyridine rings is 1. The molecule has 1 heterocycles. The topological polar surface area (TPSA) is 71.2 Å². The lowest BCUT2D eigenvalue weighted by Gasteiger charge is -2.23. The molecule has 0 saturated heterocycles. The Bertz CT molecular complexity index is 317. The third kappa shape index (κ3) is 3.97. The van der Waals surface area contributed by atoms with Crippen LogP contribution in [0.1, 0.15) is 6.92 Å². The third-order valence-electron chi connectivity index (χ3n) is 1.93. The highest BCUT2D eigenvalue weighted by molar-refractivity contribution is 7.98. The predicted molar refractivity (Wildman–Crippen MR) is 66.1 cm³/mol. The lowest BCUT2D eigenvalue weighted by molar-refractivity contribution is 0.0996. The van der Waals surface area contributed by atoms with Gasteiger partial charge in [0, 0.05) is 18.5 Å². The minimum Gasteiger partial charge on any atom is -0.396 e. The van der Waals surface area contributed by atoms with Crippen LogP contribution >= 0.6 is 11.8 Å². The van der Waals surface area contributed by atoms with Gasteiger partial charge in [-0.1, -0.05) is 0 Å². The second-order valence-electron chi connectivity index (χ2n) is 3.72. The summed E-state index contributed by atoms with van der Waals surface area (Å²) < 4.78 is 0. The van der Waals surface area contributed by atoms with Gasteiger partial charge in [-0.2, -0.15) is 11.8 Å². The lowest BCUT2D eigenvalue weighted by Crippen LogP contribution is -2.36. The Labute approximate surface area is 94.3 Å². The van der Waals surface area contributed by atoms with Crippen molar-refractivity contribution in [2.45, 2.75) is 12.5 Å². The number of thioether (sulfide) groups is 1. The van der Waals surface area contributed by atoms with Crippen LogP contribution in [0.2, 0.25) is 0 Å². The molecule has 4 N–H and O–H groups in total. The van der Waals surface area contributed by atoms with Crippen LogP contribution in [0.15, 0.2) is 18.3 Å². The molecule has 1 aromatic heterocycles. The molecule has 0 aliphatic rings. The average Bonchev–Trinajstić information content (AvgIpc) is 2.16. The molecule has 0 bridgehead atoms. The van der Waals surface area contributed by atoms with Crippen molar-refractivity contribution < 1.29 is 5.11 Å². The van der Waals surface area contributed by atoms with Crippen molar-refractivity contribution in [3.05, 3.63) is 18.3 Å². The monoisotopic (exact) mass is 227 g/mol. The fourth-order valence-corrected chi connectivity index (χ4v) is 1.93. The zero-order chi connectivity index (χ0) is 11.3. The molecule has 4 nitrogen and oxygen atoms in total. The number of rotatable bonds is 5. The van der Waals surface area contributed by atoms with Gasteiger partial charge in [-0.15, -0.1) is 0 Å². The van der Waals surface area contributed by atoms with Crippen molar-refractivity contribution in [2.24, 2.45) is 0 Å². The Morgan fingerprint density at radius 2 is 2.40 bits per heavy atom. The molecule has 0 radical (unpaired) electrons. The van der Waals surface area contributed by atoms with E-state index in [1.54, 1.807) is 37.0 Å². The molecule has 0 amide bonds. The normalized spacial score (nSPS) is 14.6. The summed E-state index contributed by atoms with van der Waals surface area (Å²) >= 11 is 1.61. The third-order valence-corrected chi connectivity index (χ3v) is 2.84. The molecule has 1 aromatic rings. The van der Waals surface area contributed by atoms with Crippen molar-refractivity contribution >= 4 is 23.3 Å². The standard InChI is InChI=1S/C10H17N3OS/c1-10(14,7-15-2)6-13-9-8(11)4-3-5-12-9/h3-5,14H,6-7,11H2,1-2H3,(H,12,13). The molecule has 84 valence electrons. The van der Waals surface area contributed by atoms with E-state index >= 15 is 0 Å². The number of nitrogens with one attached hydrogen (secondary N) is 1. The van der Waals surface area contributed by atoms with E-state index in [1.807, 2.05) is 6.26 Å². The van der Waals surface area contributed by atoms with Gasteiger partial charge in [0.15, 0.2) is 0 Å². The summed E-state index contributed by atoms with van der Waals surface area (Å²) in [4.78, 5) is 4.09. The largest absolute Gasteiger partial charge is 0.396 e. The maximum Gasteiger partial charge on any atom is 0.149 e. The van der Waals surface area contributed by atoms with Crippen molar-refractivity contribution in [3.8, 4) is 0 Å². The smallest absolute Gasteiger partial charge is 0.149 e. The minimum atomic E-state index is -0.747. The molecule has 0 aliphatic heterocycles. The van der Waals surface area contributed by atoms with E-state index in [0.29, 0.717) is 23.8 Å². The van der Waals surface area contributed by atoms with Gasteiger partial charge in [-0.3, -0.25) is 0 Å². The molecule has 0 aliphatic carbocycles. The van der Waals surface area contributed by atoms with Crippen LogP contribution in [0.4, 0.5) is 11.5 Å². The quantitative estimate of drug-likeness (QED) is 0.705. The van der Waals surface area contributed by atoms with Gasteiger partial charge >= 0.3 is 0 Å². The number of anilines is 2. The summed E-state index contributed by atoms with van der Waals surface area (Å²) in [6.45, 7) is 2.23. The van der Waals surface area contributed by atoms with Gasteiger partial charge in [-0.05, 0) is 25.3 Å². The van der Waals surface area contributed by atoms with Gasteiger partial charge < -0.3 is 16.2 Å². The summed E-state index contributed by atoms with van der Waals surface area (Å²) in [6.07, 6.45) is 3.63. The number of nitrogens with zero attached hydrogens (tertiary/aromatic N) is 1. The molecule has 0 aromatic carbocycles. The maximum absolute atomic E-state index is 9.91. The van der Waals surface area contributed by atoms with E-state index in [-0.39, 0.29) is 0 Å². The second kappa shape index (κ2) is 5.23. The summed E-state index contributed by atoms with van der Waals surface area (Å²) in [5, 5.41) is 13.0. The molecular formula is C10H17N3OS. The summed E-state index contributed by atoms with van der Waals surface area (Å²) in [6, 6.07) is 3.55. The first-order chi connectivity index (χ1) is 7.05. The van der Waals surface area contributed by atoms with E-state index in [9.17, 15) is 5.11 Å². The minimum absolute atomic E-state index is 0.440. The number of hydrogen-bond acceptors (Lipinski definition) is 5. The lowest BCUT2D eigenvalue weighted by atomic mass is 10.1. The number of aromatic nitrogens is 1. The number of nitrogen functional groups attached to an aromatic ring is 1. The van der Waals surface area contributed by atoms with E-state index < -0.39 is 5.60 Å². The van der Waals surface area contributed by atoms with E-state index in [0.717, 1.165) is 0 Å². The number of aliphatic hydroxyl groups is 1. The first-order valence-corrected chi connectivity index (χ1v) is 6.10. The van der Waals surface area contributed by atoms with Crippen LogP contribution in [0, 0.1) is 0 Å². The zero-order valence-corrected chi connectivity index (χ0v) is 9.84. The van der Waals surface area contributed by atoms with Gasteiger partial charge in [0.1, 0.15) is 5.82 Å². The Kier molecular flexibility index (Phi) is 4.23. The highest BCUT2D eigenvalue weighted by Gasteiger charge is 2.19. The van der Waals surface area contributed by atoms with Crippen molar-refractivity contribution in [3.63, 3.8) is 0 Å². The van der Waals surface area contributed by atoms with Crippen LogP contribution in [0.25, 0.3) is 0 Å². The van der Waals surface area contributed by atoms with Gasteiger partial charge in [0.05, 0.1) is 11.3 Å². The van der Waals surface area contributed by atoms with Crippen LogP contribution in [-0.4, -0.2) is 34.2 Å².